The van der Waals surface area contributed by atoms with Crippen LogP contribution in [-0.2, 0) is 10.5 Å². The van der Waals surface area contributed by atoms with Gasteiger partial charge in [0, 0.05) is 0 Å². The van der Waals surface area contributed by atoms with Gasteiger partial charge in [-0.3, -0.25) is 0 Å². The van der Waals surface area contributed by atoms with Crippen molar-refractivity contribution < 1.29 is 13.9 Å². The number of fused-ring (bicyclic) bond motifs is 1. The average Bonchev–Trinajstić information content (AvgIpc) is 3.13. The molecule has 3 aromatic rings. The number of thiophene rings is 1. The third-order valence-corrected chi connectivity index (χ3v) is 4.66. The summed E-state index contributed by atoms with van der Waals surface area (Å²) in [6.45, 7) is 0. The van der Waals surface area contributed by atoms with Gasteiger partial charge in [0.2, 0.25) is 5.76 Å². The molecule has 0 N–H and O–H groups in total. The van der Waals surface area contributed by atoms with Gasteiger partial charge in [-0.1, -0.05) is 11.8 Å². The van der Waals surface area contributed by atoms with Crippen LogP contribution in [0.2, 0.25) is 0 Å². The van der Waals surface area contributed by atoms with Crippen LogP contribution < -0.4 is 0 Å². The summed E-state index contributed by atoms with van der Waals surface area (Å²) in [5, 5.41) is 2.91. The van der Waals surface area contributed by atoms with Gasteiger partial charge < -0.3 is 9.15 Å². The Morgan fingerprint density at radius 2 is 2.30 bits per heavy atom. The third-order valence-electron chi connectivity index (χ3n) is 2.61. The summed E-state index contributed by atoms with van der Waals surface area (Å²) in [5.74, 6) is 1.05. The number of thioether (sulfide) groups is 1. The number of carbonyl (C=O) groups excluding carboxylic acids is 1. The molecule has 0 fully saturated rings. The highest BCUT2D eigenvalue weighted by molar-refractivity contribution is 7.98. The Kier molecular flexibility index (Phi) is 3.70. The van der Waals surface area contributed by atoms with E-state index in [1.165, 1.54) is 7.11 Å². The Morgan fingerprint density at radius 3 is 3.15 bits per heavy atom. The molecule has 7 heteroatoms. The molecule has 3 aromatic heterocycles. The minimum absolute atomic E-state index is 0.215. The van der Waals surface area contributed by atoms with E-state index in [1.54, 1.807) is 41.6 Å². The van der Waals surface area contributed by atoms with E-state index in [0.29, 0.717) is 11.5 Å². The highest BCUT2D eigenvalue weighted by Gasteiger charge is 2.12. The van der Waals surface area contributed by atoms with Crippen LogP contribution in [0.5, 0.6) is 0 Å². The summed E-state index contributed by atoms with van der Waals surface area (Å²) in [7, 11) is 1.33. The molecule has 3 heterocycles. The fourth-order valence-corrected chi connectivity index (χ4v) is 3.52. The number of ether oxygens (including phenoxy) is 1. The molecule has 5 nitrogen and oxygen atoms in total. The molecule has 0 radical (unpaired) electrons. The van der Waals surface area contributed by atoms with E-state index >= 15 is 0 Å². The first-order valence-electron chi connectivity index (χ1n) is 5.76. The normalized spacial score (nSPS) is 10.8. The molecule has 0 spiro atoms. The molecule has 3 rings (SSSR count). The van der Waals surface area contributed by atoms with Crippen molar-refractivity contribution >= 4 is 39.3 Å². The number of nitrogens with zero attached hydrogens (tertiary/aromatic N) is 2. The highest BCUT2D eigenvalue weighted by Crippen LogP contribution is 2.31. The van der Waals surface area contributed by atoms with Gasteiger partial charge >= 0.3 is 5.97 Å². The zero-order valence-electron chi connectivity index (χ0n) is 10.5. The molecule has 0 amide bonds. The standard InChI is InChI=1S/C13H10N2O3S2/c1-17-13(16)10-3-2-8(18-10)6-20-12-11-9(4-5-19-11)14-7-15-12/h2-5,7H,6H2,1H3. The van der Waals surface area contributed by atoms with Crippen molar-refractivity contribution in [2.45, 2.75) is 10.8 Å². The molecule has 0 aliphatic heterocycles. The van der Waals surface area contributed by atoms with Crippen molar-refractivity contribution in [2.75, 3.05) is 7.11 Å². The van der Waals surface area contributed by atoms with Gasteiger partial charge in [0.05, 0.1) is 23.1 Å². The first-order valence-corrected chi connectivity index (χ1v) is 7.62. The number of furan rings is 1. The predicted octanol–water partition coefficient (Wildman–Crippen LogP) is 3.36. The third kappa shape index (κ3) is 2.54. The van der Waals surface area contributed by atoms with Crippen molar-refractivity contribution in [3.05, 3.63) is 41.4 Å². The molecule has 0 bridgehead atoms. The maximum atomic E-state index is 11.3. The monoisotopic (exact) mass is 306 g/mol. The summed E-state index contributed by atoms with van der Waals surface area (Å²) in [4.78, 5) is 19.8. The van der Waals surface area contributed by atoms with Crippen LogP contribution in [0.15, 0.2) is 39.3 Å². The Balaban J connectivity index is 1.75. The number of rotatable bonds is 4. The lowest BCUT2D eigenvalue weighted by Gasteiger charge is -1.99. The topological polar surface area (TPSA) is 65.2 Å². The molecule has 0 saturated heterocycles. The van der Waals surface area contributed by atoms with E-state index in [9.17, 15) is 4.79 Å². The van der Waals surface area contributed by atoms with Crippen LogP contribution in [0.3, 0.4) is 0 Å². The minimum Gasteiger partial charge on any atom is -0.463 e. The largest absolute Gasteiger partial charge is 0.463 e. The number of hydrogen-bond donors (Lipinski definition) is 0. The summed E-state index contributed by atoms with van der Waals surface area (Å²) < 4.78 is 11.1. The zero-order valence-corrected chi connectivity index (χ0v) is 12.2. The SMILES string of the molecule is COC(=O)c1ccc(CSc2ncnc3ccsc23)o1. The fraction of sp³-hybridized carbons (Fsp3) is 0.154. The van der Waals surface area contributed by atoms with E-state index in [4.69, 9.17) is 4.42 Å². The number of esters is 1. The summed E-state index contributed by atoms with van der Waals surface area (Å²) in [6, 6.07) is 5.35. The maximum absolute atomic E-state index is 11.3. The molecular formula is C13H10N2O3S2. The smallest absolute Gasteiger partial charge is 0.373 e. The van der Waals surface area contributed by atoms with Crippen LogP contribution in [0.25, 0.3) is 10.2 Å². The molecule has 0 aliphatic carbocycles. The average molecular weight is 306 g/mol. The molecule has 102 valence electrons. The first kappa shape index (κ1) is 13.1. The highest BCUT2D eigenvalue weighted by atomic mass is 32.2. The maximum Gasteiger partial charge on any atom is 0.373 e. The number of hydrogen-bond acceptors (Lipinski definition) is 7. The Hall–Kier alpha value is -1.86. The van der Waals surface area contributed by atoms with Crippen molar-refractivity contribution in [3.8, 4) is 0 Å². The Morgan fingerprint density at radius 1 is 1.40 bits per heavy atom. The van der Waals surface area contributed by atoms with Crippen LogP contribution in [0.1, 0.15) is 16.3 Å². The van der Waals surface area contributed by atoms with Gasteiger partial charge in [-0.15, -0.1) is 11.3 Å². The van der Waals surface area contributed by atoms with Crippen LogP contribution >= 0.6 is 23.1 Å². The molecule has 0 aromatic carbocycles. The van der Waals surface area contributed by atoms with Gasteiger partial charge in [0.1, 0.15) is 17.1 Å². The molecule has 0 atom stereocenters. The predicted molar refractivity (Wildman–Crippen MR) is 77.0 cm³/mol. The second kappa shape index (κ2) is 5.64. The molecular weight excluding hydrogens is 296 g/mol. The number of aromatic nitrogens is 2. The van der Waals surface area contributed by atoms with Crippen molar-refractivity contribution in [2.24, 2.45) is 0 Å². The van der Waals surface area contributed by atoms with Crippen molar-refractivity contribution in [1.82, 2.24) is 9.97 Å². The summed E-state index contributed by atoms with van der Waals surface area (Å²) in [6.07, 6.45) is 1.55. The van der Waals surface area contributed by atoms with Gasteiger partial charge in [0.25, 0.3) is 0 Å². The lowest BCUT2D eigenvalue weighted by atomic mass is 10.4. The van der Waals surface area contributed by atoms with Gasteiger partial charge in [0.15, 0.2) is 0 Å². The van der Waals surface area contributed by atoms with E-state index in [-0.39, 0.29) is 5.76 Å². The van der Waals surface area contributed by atoms with E-state index in [2.05, 4.69) is 14.7 Å². The Bertz CT molecular complexity index is 751. The lowest BCUT2D eigenvalue weighted by Crippen LogP contribution is -1.98. The van der Waals surface area contributed by atoms with Gasteiger partial charge in [-0.2, -0.15) is 0 Å². The van der Waals surface area contributed by atoms with E-state index < -0.39 is 5.97 Å². The molecule has 0 aliphatic rings. The number of methoxy groups -OCH3 is 1. The molecule has 0 unspecified atom stereocenters. The van der Waals surface area contributed by atoms with Gasteiger partial charge in [-0.25, -0.2) is 14.8 Å². The summed E-state index contributed by atoms with van der Waals surface area (Å²) >= 11 is 3.17. The summed E-state index contributed by atoms with van der Waals surface area (Å²) in [5.41, 5.74) is 0.946. The van der Waals surface area contributed by atoms with Crippen LogP contribution in [0, 0.1) is 0 Å². The van der Waals surface area contributed by atoms with E-state index in [1.807, 2.05) is 11.4 Å². The Labute approximate surface area is 123 Å². The minimum atomic E-state index is -0.469. The second-order valence-electron chi connectivity index (χ2n) is 3.86. The quantitative estimate of drug-likeness (QED) is 0.418. The lowest BCUT2D eigenvalue weighted by molar-refractivity contribution is 0.0563. The zero-order chi connectivity index (χ0) is 13.9. The van der Waals surface area contributed by atoms with Crippen molar-refractivity contribution in [3.63, 3.8) is 0 Å². The van der Waals surface area contributed by atoms with Gasteiger partial charge in [-0.05, 0) is 23.6 Å². The van der Waals surface area contributed by atoms with Crippen molar-refractivity contribution in [1.29, 1.82) is 0 Å². The first-order chi connectivity index (χ1) is 9.78. The fourth-order valence-electron chi connectivity index (χ4n) is 1.67. The molecule has 20 heavy (non-hydrogen) atoms. The molecule has 0 saturated carbocycles. The van der Waals surface area contributed by atoms with E-state index in [0.717, 1.165) is 15.2 Å². The second-order valence-corrected chi connectivity index (χ2v) is 5.74. The van der Waals surface area contributed by atoms with Crippen LogP contribution in [0.4, 0.5) is 0 Å². The number of carbonyl (C=O) groups is 1. The van der Waals surface area contributed by atoms with Crippen LogP contribution in [-0.4, -0.2) is 23.0 Å².